The van der Waals surface area contributed by atoms with E-state index in [4.69, 9.17) is 5.73 Å². The second kappa shape index (κ2) is 5.94. The number of nitrogens with one attached hydrogen (secondary N) is 1. The molecule has 4 nitrogen and oxygen atoms in total. The summed E-state index contributed by atoms with van der Waals surface area (Å²) < 4.78 is 41.2. The van der Waals surface area contributed by atoms with Gasteiger partial charge in [-0.05, 0) is 68.6 Å². The average Bonchev–Trinajstić information content (AvgIpc) is 2.31. The zero-order valence-electron chi connectivity index (χ0n) is 10.8. The minimum atomic E-state index is -3.90. The van der Waals surface area contributed by atoms with Crippen LogP contribution in [0.25, 0.3) is 0 Å². The van der Waals surface area contributed by atoms with Crippen molar-refractivity contribution in [3.05, 3.63) is 50.7 Å². The van der Waals surface area contributed by atoms with Gasteiger partial charge in [0, 0.05) is 14.6 Å². The minimum absolute atomic E-state index is 0.000334. The third-order valence-corrected chi connectivity index (χ3v) is 5.97. The monoisotopic (exact) mass is 436 g/mol. The molecule has 0 spiro atoms. The van der Waals surface area contributed by atoms with Gasteiger partial charge in [0.15, 0.2) is 0 Å². The number of benzene rings is 2. The Bertz CT molecular complexity index is 787. The Labute approximate surface area is 138 Å². The van der Waals surface area contributed by atoms with Crippen LogP contribution in [0.5, 0.6) is 0 Å². The van der Waals surface area contributed by atoms with Gasteiger partial charge in [-0.3, -0.25) is 4.72 Å². The number of sulfonamides is 1. The number of rotatable bonds is 3. The van der Waals surface area contributed by atoms with Gasteiger partial charge in [0.2, 0.25) is 0 Å². The Balaban J connectivity index is 2.51. The summed E-state index contributed by atoms with van der Waals surface area (Å²) in [6.45, 7) is 1.68. The first-order chi connectivity index (χ1) is 9.70. The molecule has 0 unspecified atom stereocenters. The van der Waals surface area contributed by atoms with E-state index in [2.05, 4.69) is 36.6 Å². The van der Waals surface area contributed by atoms with Crippen molar-refractivity contribution in [2.75, 3.05) is 10.5 Å². The molecule has 0 aliphatic carbocycles. The highest BCUT2D eigenvalue weighted by Crippen LogP contribution is 2.34. The number of halogens is 3. The Morgan fingerprint density at radius 2 is 1.71 bits per heavy atom. The van der Waals surface area contributed by atoms with E-state index in [9.17, 15) is 12.8 Å². The molecule has 2 aromatic carbocycles. The lowest BCUT2D eigenvalue weighted by molar-refractivity contribution is 0.600. The van der Waals surface area contributed by atoms with Gasteiger partial charge >= 0.3 is 0 Å². The Morgan fingerprint density at radius 1 is 1.14 bits per heavy atom. The smallest absolute Gasteiger partial charge is 0.264 e. The third-order valence-electron chi connectivity index (χ3n) is 2.73. The fourth-order valence-corrected chi connectivity index (χ4v) is 5.48. The molecule has 2 aromatic rings. The lowest BCUT2D eigenvalue weighted by Crippen LogP contribution is -2.15. The van der Waals surface area contributed by atoms with Crippen LogP contribution >= 0.6 is 31.9 Å². The predicted octanol–water partition coefficient (Wildman–Crippen LogP) is 4.04. The van der Waals surface area contributed by atoms with Gasteiger partial charge in [0.25, 0.3) is 10.0 Å². The summed E-state index contributed by atoms with van der Waals surface area (Å²) in [5.41, 5.74) is 6.85. The van der Waals surface area contributed by atoms with Gasteiger partial charge in [-0.15, -0.1) is 0 Å². The van der Waals surface area contributed by atoms with Crippen molar-refractivity contribution in [2.45, 2.75) is 11.8 Å². The number of hydrogen-bond donors (Lipinski definition) is 2. The Kier molecular flexibility index (Phi) is 4.60. The van der Waals surface area contributed by atoms with Crippen molar-refractivity contribution >= 4 is 53.3 Å². The molecule has 0 aliphatic rings. The van der Waals surface area contributed by atoms with Crippen molar-refractivity contribution in [2.24, 2.45) is 0 Å². The van der Waals surface area contributed by atoms with Crippen LogP contribution in [-0.4, -0.2) is 8.42 Å². The summed E-state index contributed by atoms with van der Waals surface area (Å²) >= 11 is 6.35. The van der Waals surface area contributed by atoms with Crippen LogP contribution in [0.4, 0.5) is 15.8 Å². The molecule has 0 heterocycles. The molecule has 0 aromatic heterocycles. The van der Waals surface area contributed by atoms with E-state index in [1.165, 1.54) is 24.3 Å². The maximum atomic E-state index is 13.3. The SMILES string of the molecule is Cc1ccc(F)cc1NS(=O)(=O)c1c(Br)cc(N)cc1Br. The molecule has 3 N–H and O–H groups in total. The molecule has 0 amide bonds. The summed E-state index contributed by atoms with van der Waals surface area (Å²) in [5.74, 6) is -0.520. The van der Waals surface area contributed by atoms with Crippen molar-refractivity contribution < 1.29 is 12.8 Å². The normalized spacial score (nSPS) is 11.4. The quantitative estimate of drug-likeness (QED) is 0.711. The van der Waals surface area contributed by atoms with E-state index in [1.807, 2.05) is 0 Å². The maximum Gasteiger partial charge on any atom is 0.264 e. The molecule has 21 heavy (non-hydrogen) atoms. The maximum absolute atomic E-state index is 13.3. The zero-order chi connectivity index (χ0) is 15.8. The van der Waals surface area contributed by atoms with Crippen molar-refractivity contribution in [3.8, 4) is 0 Å². The average molecular weight is 438 g/mol. The van der Waals surface area contributed by atoms with E-state index in [0.717, 1.165) is 6.07 Å². The van der Waals surface area contributed by atoms with Crippen LogP contribution in [0, 0.1) is 12.7 Å². The molecule has 0 aliphatic heterocycles. The second-order valence-corrected chi connectivity index (χ2v) is 7.71. The number of anilines is 2. The van der Waals surface area contributed by atoms with Crippen LogP contribution < -0.4 is 10.5 Å². The summed E-state index contributed by atoms with van der Waals surface area (Å²) in [5, 5.41) is 0. The van der Waals surface area contributed by atoms with Gasteiger partial charge in [-0.2, -0.15) is 0 Å². The van der Waals surface area contributed by atoms with Gasteiger partial charge in [-0.1, -0.05) is 6.07 Å². The van der Waals surface area contributed by atoms with Gasteiger partial charge < -0.3 is 5.73 Å². The zero-order valence-corrected chi connectivity index (χ0v) is 14.8. The van der Waals surface area contributed by atoms with E-state index in [1.54, 1.807) is 6.92 Å². The number of nitrogens with two attached hydrogens (primary N) is 1. The van der Waals surface area contributed by atoms with E-state index >= 15 is 0 Å². The Hall–Kier alpha value is -1.12. The highest BCUT2D eigenvalue weighted by Gasteiger charge is 2.22. The lowest BCUT2D eigenvalue weighted by atomic mass is 10.2. The molecule has 8 heteroatoms. The van der Waals surface area contributed by atoms with Crippen LogP contribution in [0.2, 0.25) is 0 Å². The first-order valence-electron chi connectivity index (χ1n) is 5.74. The van der Waals surface area contributed by atoms with Crippen LogP contribution in [-0.2, 0) is 10.0 Å². The molecule has 0 saturated heterocycles. The van der Waals surface area contributed by atoms with Gasteiger partial charge in [-0.25, -0.2) is 12.8 Å². The summed E-state index contributed by atoms with van der Waals surface area (Å²) in [7, 11) is -3.90. The molecule has 112 valence electrons. The number of hydrogen-bond acceptors (Lipinski definition) is 3. The van der Waals surface area contributed by atoms with Crippen LogP contribution in [0.1, 0.15) is 5.56 Å². The van der Waals surface area contributed by atoms with Crippen molar-refractivity contribution in [1.82, 2.24) is 0 Å². The third kappa shape index (κ3) is 3.56. The first-order valence-corrected chi connectivity index (χ1v) is 8.81. The molecule has 0 saturated carbocycles. The highest BCUT2D eigenvalue weighted by atomic mass is 79.9. The van der Waals surface area contributed by atoms with E-state index in [-0.39, 0.29) is 10.6 Å². The highest BCUT2D eigenvalue weighted by molar-refractivity contribution is 9.11. The molecule has 2 rings (SSSR count). The second-order valence-electron chi connectivity index (χ2n) is 4.38. The summed E-state index contributed by atoms with van der Waals surface area (Å²) in [4.78, 5) is 0.000334. The first kappa shape index (κ1) is 16.3. The molecule has 0 fully saturated rings. The standard InChI is InChI=1S/C13H11Br2FN2O2S/c1-7-2-3-8(16)4-12(7)18-21(19,20)13-10(14)5-9(17)6-11(13)15/h2-6,18H,17H2,1H3. The van der Waals surface area contributed by atoms with Crippen molar-refractivity contribution in [1.29, 1.82) is 0 Å². The summed E-state index contributed by atoms with van der Waals surface area (Å²) in [6, 6.07) is 6.87. The molecular weight excluding hydrogens is 427 g/mol. The fraction of sp³-hybridized carbons (Fsp3) is 0.0769. The molecule has 0 atom stereocenters. The van der Waals surface area contributed by atoms with Crippen molar-refractivity contribution in [3.63, 3.8) is 0 Å². The molecule has 0 bridgehead atoms. The fourth-order valence-electron chi connectivity index (χ4n) is 1.74. The Morgan fingerprint density at radius 3 is 2.29 bits per heavy atom. The molecule has 0 radical (unpaired) electrons. The lowest BCUT2D eigenvalue weighted by Gasteiger charge is -2.13. The van der Waals surface area contributed by atoms with Gasteiger partial charge in [0.1, 0.15) is 10.7 Å². The van der Waals surface area contributed by atoms with Crippen LogP contribution in [0.15, 0.2) is 44.2 Å². The van der Waals surface area contributed by atoms with E-state index in [0.29, 0.717) is 20.2 Å². The number of aryl methyl sites for hydroxylation is 1. The molecular formula is C13H11Br2FN2O2S. The summed E-state index contributed by atoms with van der Waals surface area (Å²) in [6.07, 6.45) is 0. The predicted molar refractivity (Wildman–Crippen MR) is 88.2 cm³/mol. The van der Waals surface area contributed by atoms with E-state index < -0.39 is 15.8 Å². The number of nitrogen functional groups attached to an aromatic ring is 1. The van der Waals surface area contributed by atoms with Gasteiger partial charge in [0.05, 0.1) is 5.69 Å². The minimum Gasteiger partial charge on any atom is -0.399 e. The van der Waals surface area contributed by atoms with Crippen LogP contribution in [0.3, 0.4) is 0 Å². The largest absolute Gasteiger partial charge is 0.399 e. The topological polar surface area (TPSA) is 72.2 Å².